The van der Waals surface area contributed by atoms with Crippen LogP contribution in [0.4, 0.5) is 0 Å². The smallest absolute Gasteiger partial charge is 0.244 e. The molecule has 1 atom stereocenters. The number of benzene rings is 2. The lowest BCUT2D eigenvalue weighted by molar-refractivity contribution is -0.140. The highest BCUT2D eigenvalue weighted by molar-refractivity contribution is 5.85. The van der Waals surface area contributed by atoms with Crippen LogP contribution in [0.1, 0.15) is 42.5 Å². The number of nitrogens with zero attached hydrogens (tertiary/aromatic N) is 2. The van der Waals surface area contributed by atoms with Crippen LogP contribution in [0.25, 0.3) is 0 Å². The minimum Gasteiger partial charge on any atom is -0.497 e. The minimum atomic E-state index is -0.389. The maximum absolute atomic E-state index is 13.6. The van der Waals surface area contributed by atoms with Gasteiger partial charge in [0.15, 0.2) is 0 Å². The van der Waals surface area contributed by atoms with Crippen molar-refractivity contribution in [3.05, 3.63) is 65.2 Å². The van der Waals surface area contributed by atoms with Gasteiger partial charge in [-0.05, 0) is 54.0 Å². The second-order valence-corrected chi connectivity index (χ2v) is 8.95. The van der Waals surface area contributed by atoms with Crippen molar-refractivity contribution in [2.75, 3.05) is 33.3 Å². The largest absolute Gasteiger partial charge is 0.497 e. The van der Waals surface area contributed by atoms with Gasteiger partial charge >= 0.3 is 0 Å². The Balaban J connectivity index is 1.44. The molecule has 2 amide bonds. The fourth-order valence-corrected chi connectivity index (χ4v) is 4.66. The Labute approximate surface area is 190 Å². The van der Waals surface area contributed by atoms with Gasteiger partial charge in [0.25, 0.3) is 0 Å². The number of fused-ring (bicyclic) bond motifs is 1. The lowest BCUT2D eigenvalue weighted by Crippen LogP contribution is -2.50. The van der Waals surface area contributed by atoms with Crippen molar-refractivity contribution < 1.29 is 14.3 Å². The molecule has 2 aromatic rings. The second kappa shape index (κ2) is 10.2. The van der Waals surface area contributed by atoms with E-state index in [1.165, 1.54) is 5.56 Å². The fourth-order valence-electron chi connectivity index (χ4n) is 4.66. The summed E-state index contributed by atoms with van der Waals surface area (Å²) >= 11 is 0. The Morgan fingerprint density at radius 1 is 1.03 bits per heavy atom. The number of hydrogen-bond donors (Lipinski definition) is 1. The molecule has 0 spiro atoms. The summed E-state index contributed by atoms with van der Waals surface area (Å²) in [6.07, 6.45) is 2.94. The summed E-state index contributed by atoms with van der Waals surface area (Å²) in [7, 11) is 1.63. The maximum atomic E-state index is 13.6. The number of ether oxygens (including phenoxy) is 1. The predicted molar refractivity (Wildman–Crippen MR) is 124 cm³/mol. The van der Waals surface area contributed by atoms with Gasteiger partial charge in [-0.15, -0.1) is 0 Å². The van der Waals surface area contributed by atoms with E-state index in [0.717, 1.165) is 49.2 Å². The maximum Gasteiger partial charge on any atom is 0.244 e. The zero-order valence-corrected chi connectivity index (χ0v) is 19.0. The molecule has 0 bridgehead atoms. The molecule has 170 valence electrons. The SMILES string of the molecule is COc1ccc(CNC(=O)CN2CCc3ccccc3[C@@H]2C(=O)N2CCC(C)CC2)cc1. The lowest BCUT2D eigenvalue weighted by atomic mass is 9.90. The first-order chi connectivity index (χ1) is 15.5. The Hall–Kier alpha value is -2.86. The number of hydrogen-bond acceptors (Lipinski definition) is 4. The van der Waals surface area contributed by atoms with Crippen LogP contribution < -0.4 is 10.1 Å². The summed E-state index contributed by atoms with van der Waals surface area (Å²) in [5, 5.41) is 3.01. The number of methoxy groups -OCH3 is 1. The van der Waals surface area contributed by atoms with Crippen molar-refractivity contribution in [2.45, 2.75) is 38.8 Å². The minimum absolute atomic E-state index is 0.0646. The second-order valence-electron chi connectivity index (χ2n) is 8.95. The van der Waals surface area contributed by atoms with E-state index in [2.05, 4.69) is 18.3 Å². The number of carbonyl (C=O) groups is 2. The molecule has 4 rings (SSSR count). The average Bonchev–Trinajstić information content (AvgIpc) is 2.83. The Morgan fingerprint density at radius 3 is 2.47 bits per heavy atom. The number of rotatable bonds is 6. The monoisotopic (exact) mass is 435 g/mol. The lowest BCUT2D eigenvalue weighted by Gasteiger charge is -2.40. The predicted octanol–water partition coefficient (Wildman–Crippen LogP) is 3.17. The molecule has 0 unspecified atom stereocenters. The highest BCUT2D eigenvalue weighted by atomic mass is 16.5. The molecule has 2 aliphatic heterocycles. The molecule has 0 radical (unpaired) electrons. The van der Waals surface area contributed by atoms with E-state index >= 15 is 0 Å². The average molecular weight is 436 g/mol. The third-order valence-corrected chi connectivity index (χ3v) is 6.71. The molecule has 0 aliphatic carbocycles. The van der Waals surface area contributed by atoms with Gasteiger partial charge in [-0.25, -0.2) is 0 Å². The Morgan fingerprint density at radius 2 is 1.75 bits per heavy atom. The van der Waals surface area contributed by atoms with E-state index in [-0.39, 0.29) is 24.4 Å². The van der Waals surface area contributed by atoms with Crippen LogP contribution in [0, 0.1) is 5.92 Å². The molecule has 6 heteroatoms. The van der Waals surface area contributed by atoms with Crippen LogP contribution in [0.2, 0.25) is 0 Å². The van der Waals surface area contributed by atoms with Crippen LogP contribution in [0.15, 0.2) is 48.5 Å². The number of piperidine rings is 1. The molecular weight excluding hydrogens is 402 g/mol. The Bertz CT molecular complexity index is 936. The first-order valence-electron chi connectivity index (χ1n) is 11.6. The highest BCUT2D eigenvalue weighted by Crippen LogP contribution is 2.32. The molecule has 1 fully saturated rings. The Kier molecular flexibility index (Phi) is 7.10. The number of amides is 2. The molecular formula is C26H33N3O3. The molecule has 2 heterocycles. The van der Waals surface area contributed by atoms with Gasteiger partial charge in [0.2, 0.25) is 11.8 Å². The van der Waals surface area contributed by atoms with E-state index in [4.69, 9.17) is 4.74 Å². The van der Waals surface area contributed by atoms with E-state index in [9.17, 15) is 9.59 Å². The van der Waals surface area contributed by atoms with E-state index in [1.54, 1.807) is 7.11 Å². The van der Waals surface area contributed by atoms with Crippen molar-refractivity contribution in [3.63, 3.8) is 0 Å². The molecule has 2 aromatic carbocycles. The normalized spacial score (nSPS) is 19.3. The summed E-state index contributed by atoms with van der Waals surface area (Å²) in [5.74, 6) is 1.52. The molecule has 32 heavy (non-hydrogen) atoms. The molecule has 1 N–H and O–H groups in total. The molecule has 6 nitrogen and oxygen atoms in total. The van der Waals surface area contributed by atoms with Crippen molar-refractivity contribution in [1.82, 2.24) is 15.1 Å². The standard InChI is InChI=1S/C26H33N3O3/c1-19-11-14-28(15-12-19)26(31)25-23-6-4-3-5-21(23)13-16-29(25)18-24(30)27-17-20-7-9-22(32-2)10-8-20/h3-10,19,25H,11-18H2,1-2H3,(H,27,30)/t25-/m1/s1. The van der Waals surface area contributed by atoms with Crippen LogP contribution in [-0.4, -0.2) is 54.9 Å². The third-order valence-electron chi connectivity index (χ3n) is 6.71. The summed E-state index contributed by atoms with van der Waals surface area (Å²) in [4.78, 5) is 30.4. The van der Waals surface area contributed by atoms with E-state index in [0.29, 0.717) is 19.0 Å². The van der Waals surface area contributed by atoms with Gasteiger partial charge in [-0.1, -0.05) is 43.3 Å². The summed E-state index contributed by atoms with van der Waals surface area (Å²) in [6.45, 7) is 5.22. The van der Waals surface area contributed by atoms with E-state index < -0.39 is 0 Å². The van der Waals surface area contributed by atoms with Crippen molar-refractivity contribution >= 4 is 11.8 Å². The zero-order chi connectivity index (χ0) is 22.5. The van der Waals surface area contributed by atoms with Gasteiger partial charge < -0.3 is 15.0 Å². The van der Waals surface area contributed by atoms with Crippen molar-refractivity contribution in [3.8, 4) is 5.75 Å². The van der Waals surface area contributed by atoms with Gasteiger partial charge in [0.05, 0.1) is 13.7 Å². The van der Waals surface area contributed by atoms with Gasteiger partial charge in [-0.3, -0.25) is 14.5 Å². The van der Waals surface area contributed by atoms with Crippen LogP contribution in [-0.2, 0) is 22.6 Å². The fraction of sp³-hybridized carbons (Fsp3) is 0.462. The summed E-state index contributed by atoms with van der Waals surface area (Å²) in [6, 6.07) is 15.4. The molecule has 2 aliphatic rings. The molecule has 0 aromatic heterocycles. The van der Waals surface area contributed by atoms with Crippen molar-refractivity contribution in [2.24, 2.45) is 5.92 Å². The molecule has 1 saturated heterocycles. The topological polar surface area (TPSA) is 61.9 Å². The van der Waals surface area contributed by atoms with Gasteiger partial charge in [0, 0.05) is 26.2 Å². The zero-order valence-electron chi connectivity index (χ0n) is 19.0. The number of likely N-dealkylation sites (tertiary alicyclic amines) is 1. The molecule has 0 saturated carbocycles. The van der Waals surface area contributed by atoms with Gasteiger partial charge in [0.1, 0.15) is 11.8 Å². The third kappa shape index (κ3) is 5.13. The van der Waals surface area contributed by atoms with Crippen LogP contribution >= 0.6 is 0 Å². The van der Waals surface area contributed by atoms with Crippen LogP contribution in [0.5, 0.6) is 5.75 Å². The van der Waals surface area contributed by atoms with Gasteiger partial charge in [-0.2, -0.15) is 0 Å². The van der Waals surface area contributed by atoms with E-state index in [1.807, 2.05) is 52.3 Å². The number of carbonyl (C=O) groups excluding carboxylic acids is 2. The first-order valence-corrected chi connectivity index (χ1v) is 11.6. The first kappa shape index (κ1) is 22.3. The van der Waals surface area contributed by atoms with Crippen molar-refractivity contribution in [1.29, 1.82) is 0 Å². The van der Waals surface area contributed by atoms with Crippen LogP contribution in [0.3, 0.4) is 0 Å². The summed E-state index contributed by atoms with van der Waals surface area (Å²) in [5.41, 5.74) is 3.27. The highest BCUT2D eigenvalue weighted by Gasteiger charge is 2.37. The quantitative estimate of drug-likeness (QED) is 0.757. The summed E-state index contributed by atoms with van der Waals surface area (Å²) < 4.78 is 5.18. The number of nitrogens with one attached hydrogen (secondary N) is 1.